The highest BCUT2D eigenvalue weighted by Gasteiger charge is 2.22. The molecule has 2 nitrogen and oxygen atoms in total. The van der Waals surface area contributed by atoms with Gasteiger partial charge in [0.1, 0.15) is 5.25 Å². The normalized spacial score (nSPS) is 30.6. The van der Waals surface area contributed by atoms with Crippen molar-refractivity contribution in [3.63, 3.8) is 0 Å². The maximum absolute atomic E-state index is 10.9. The van der Waals surface area contributed by atoms with E-state index in [0.29, 0.717) is 5.25 Å². The lowest BCUT2D eigenvalue weighted by Crippen LogP contribution is -2.14. The van der Waals surface area contributed by atoms with E-state index in [2.05, 4.69) is 11.7 Å². The van der Waals surface area contributed by atoms with E-state index in [0.717, 1.165) is 0 Å². The van der Waals surface area contributed by atoms with E-state index < -0.39 is 0 Å². The van der Waals surface area contributed by atoms with Crippen LogP contribution in [0.3, 0.4) is 0 Å². The molecule has 0 radical (unpaired) electrons. The molecule has 0 aromatic carbocycles. The highest BCUT2D eigenvalue weighted by Crippen LogP contribution is 2.27. The van der Waals surface area contributed by atoms with Crippen molar-refractivity contribution in [3.8, 4) is 0 Å². The first-order valence-electron chi connectivity index (χ1n) is 3.15. The summed E-state index contributed by atoms with van der Waals surface area (Å²) in [5, 5.41) is 0.379. The molecule has 1 heterocycles. The summed E-state index contributed by atoms with van der Waals surface area (Å²) >= 11 is 1.61. The Kier molecular flexibility index (Phi) is 2.38. The molecule has 10 heavy (non-hydrogen) atoms. The molecule has 2 atom stereocenters. The third-order valence-corrected chi connectivity index (χ3v) is 2.58. The number of thioether (sulfide) groups is 1. The van der Waals surface area contributed by atoms with Crippen molar-refractivity contribution in [1.82, 2.24) is 0 Å². The van der Waals surface area contributed by atoms with E-state index in [4.69, 9.17) is 0 Å². The highest BCUT2D eigenvalue weighted by molar-refractivity contribution is 8.01. The van der Waals surface area contributed by atoms with Crippen LogP contribution in [0.2, 0.25) is 0 Å². The van der Waals surface area contributed by atoms with Gasteiger partial charge < -0.3 is 4.74 Å². The van der Waals surface area contributed by atoms with E-state index in [1.807, 2.05) is 12.2 Å². The number of esters is 1. The topological polar surface area (TPSA) is 26.3 Å². The molecular weight excluding hydrogens is 148 g/mol. The predicted octanol–water partition coefficient (Wildman–Crippen LogP) is 1.22. The molecule has 56 valence electrons. The summed E-state index contributed by atoms with van der Waals surface area (Å²) in [5.74, 6) is -0.148. The van der Waals surface area contributed by atoms with Crippen LogP contribution < -0.4 is 0 Å². The minimum atomic E-state index is -0.148. The zero-order valence-corrected chi connectivity index (χ0v) is 6.85. The van der Waals surface area contributed by atoms with Crippen LogP contribution in [-0.4, -0.2) is 23.6 Å². The lowest BCUT2D eigenvalue weighted by Gasteiger charge is -2.04. The molecule has 0 amide bonds. The Bertz CT molecular complexity index is 165. The molecule has 0 spiro atoms. The van der Waals surface area contributed by atoms with Crippen LogP contribution in [0.25, 0.3) is 0 Å². The third kappa shape index (κ3) is 1.53. The fraction of sp³-hybridized carbons (Fsp3) is 0.571. The molecule has 0 aromatic heterocycles. The first kappa shape index (κ1) is 7.66. The van der Waals surface area contributed by atoms with Crippen molar-refractivity contribution >= 4 is 17.7 Å². The fourth-order valence-electron chi connectivity index (χ4n) is 0.830. The van der Waals surface area contributed by atoms with Gasteiger partial charge in [0.25, 0.3) is 0 Å². The summed E-state index contributed by atoms with van der Waals surface area (Å²) in [5.41, 5.74) is 0. The summed E-state index contributed by atoms with van der Waals surface area (Å²) < 4.78 is 4.57. The van der Waals surface area contributed by atoms with Crippen LogP contribution in [0.5, 0.6) is 0 Å². The molecule has 0 N–H and O–H groups in total. The Morgan fingerprint density at radius 1 is 1.60 bits per heavy atom. The van der Waals surface area contributed by atoms with Gasteiger partial charge in [-0.05, 0) is 6.92 Å². The van der Waals surface area contributed by atoms with Gasteiger partial charge in [0.05, 0.1) is 7.11 Å². The Balaban J connectivity index is 2.46. The number of rotatable bonds is 1. The van der Waals surface area contributed by atoms with Crippen LogP contribution in [0.4, 0.5) is 0 Å². The smallest absolute Gasteiger partial charge is 0.322 e. The van der Waals surface area contributed by atoms with Gasteiger partial charge in [-0.15, -0.1) is 11.8 Å². The molecule has 0 saturated carbocycles. The summed E-state index contributed by atoms with van der Waals surface area (Å²) in [4.78, 5) is 10.9. The largest absolute Gasteiger partial charge is 0.468 e. The molecule has 0 aromatic rings. The Hall–Kier alpha value is -0.440. The van der Waals surface area contributed by atoms with Crippen molar-refractivity contribution < 1.29 is 9.53 Å². The Morgan fingerprint density at radius 2 is 2.30 bits per heavy atom. The first-order valence-corrected chi connectivity index (χ1v) is 4.10. The maximum Gasteiger partial charge on any atom is 0.322 e. The van der Waals surface area contributed by atoms with Crippen LogP contribution >= 0.6 is 11.8 Å². The summed E-state index contributed by atoms with van der Waals surface area (Å²) in [7, 11) is 1.42. The van der Waals surface area contributed by atoms with Gasteiger partial charge in [-0.2, -0.15) is 0 Å². The fourth-order valence-corrected chi connectivity index (χ4v) is 1.86. The van der Waals surface area contributed by atoms with Crippen molar-refractivity contribution in [1.29, 1.82) is 0 Å². The standard InChI is InChI=1S/C7H10O2S/c1-5-3-4-6(10-5)7(8)9-2/h3-6H,1-2H3. The van der Waals surface area contributed by atoms with Gasteiger partial charge in [-0.25, -0.2) is 0 Å². The lowest BCUT2D eigenvalue weighted by atomic mass is 10.3. The molecule has 1 aliphatic rings. The second-order valence-corrected chi connectivity index (χ2v) is 3.69. The van der Waals surface area contributed by atoms with Crippen molar-refractivity contribution in [3.05, 3.63) is 12.2 Å². The number of carbonyl (C=O) groups excluding carboxylic acids is 1. The highest BCUT2D eigenvalue weighted by atomic mass is 32.2. The van der Waals surface area contributed by atoms with Gasteiger partial charge in [0.2, 0.25) is 0 Å². The van der Waals surface area contributed by atoms with Gasteiger partial charge in [0, 0.05) is 5.25 Å². The Morgan fingerprint density at radius 3 is 2.70 bits per heavy atom. The van der Waals surface area contributed by atoms with Gasteiger partial charge >= 0.3 is 5.97 Å². The average Bonchev–Trinajstić information content (AvgIpc) is 2.34. The minimum absolute atomic E-state index is 0.0694. The lowest BCUT2D eigenvalue weighted by molar-refractivity contribution is -0.138. The predicted molar refractivity (Wildman–Crippen MR) is 42.0 cm³/mol. The number of methoxy groups -OCH3 is 1. The minimum Gasteiger partial charge on any atom is -0.468 e. The van der Waals surface area contributed by atoms with Gasteiger partial charge in [-0.1, -0.05) is 12.2 Å². The molecule has 0 aliphatic carbocycles. The zero-order chi connectivity index (χ0) is 7.56. The van der Waals surface area contributed by atoms with Gasteiger partial charge in [0.15, 0.2) is 0 Å². The van der Waals surface area contributed by atoms with Gasteiger partial charge in [-0.3, -0.25) is 4.79 Å². The van der Waals surface area contributed by atoms with Crippen molar-refractivity contribution in [2.75, 3.05) is 7.11 Å². The van der Waals surface area contributed by atoms with Crippen molar-refractivity contribution in [2.24, 2.45) is 0 Å². The quantitative estimate of drug-likeness (QED) is 0.424. The van der Waals surface area contributed by atoms with E-state index in [1.54, 1.807) is 11.8 Å². The monoisotopic (exact) mass is 158 g/mol. The van der Waals surface area contributed by atoms with E-state index in [1.165, 1.54) is 7.11 Å². The van der Waals surface area contributed by atoms with Crippen molar-refractivity contribution in [2.45, 2.75) is 17.4 Å². The SMILES string of the molecule is COC(=O)C1C=CC(C)S1. The maximum atomic E-state index is 10.9. The van der Waals surface area contributed by atoms with E-state index in [-0.39, 0.29) is 11.2 Å². The molecule has 0 fully saturated rings. The molecule has 1 aliphatic heterocycles. The number of hydrogen-bond acceptors (Lipinski definition) is 3. The van der Waals surface area contributed by atoms with E-state index >= 15 is 0 Å². The molecule has 1 rings (SSSR count). The third-order valence-electron chi connectivity index (χ3n) is 1.35. The summed E-state index contributed by atoms with van der Waals surface area (Å²) in [6.07, 6.45) is 3.91. The second kappa shape index (κ2) is 3.10. The van der Waals surface area contributed by atoms with E-state index in [9.17, 15) is 4.79 Å². The van der Waals surface area contributed by atoms with Crippen LogP contribution in [0.15, 0.2) is 12.2 Å². The molecular formula is C7H10O2S. The number of hydrogen-bond donors (Lipinski definition) is 0. The van der Waals surface area contributed by atoms with Crippen LogP contribution in [0, 0.1) is 0 Å². The number of carbonyl (C=O) groups is 1. The first-order chi connectivity index (χ1) is 4.74. The zero-order valence-electron chi connectivity index (χ0n) is 6.03. The molecule has 3 heteroatoms. The number of ether oxygens (including phenoxy) is 1. The summed E-state index contributed by atoms with van der Waals surface area (Å²) in [6.45, 7) is 2.06. The molecule has 0 bridgehead atoms. The van der Waals surface area contributed by atoms with Crippen LogP contribution in [-0.2, 0) is 9.53 Å². The average molecular weight is 158 g/mol. The van der Waals surface area contributed by atoms with Crippen LogP contribution in [0.1, 0.15) is 6.92 Å². The Labute approximate surface area is 64.6 Å². The molecule has 0 saturated heterocycles. The second-order valence-electron chi connectivity index (χ2n) is 2.17. The summed E-state index contributed by atoms with van der Waals surface area (Å²) in [6, 6.07) is 0. The molecule has 2 unspecified atom stereocenters.